The first-order valence-electron chi connectivity index (χ1n) is 9.48. The number of carbonyl (C=O) groups excluding carboxylic acids is 1. The fourth-order valence-electron chi connectivity index (χ4n) is 2.48. The first-order valence-corrected chi connectivity index (χ1v) is 11.3. The Morgan fingerprint density at radius 2 is 1.93 bits per heavy atom. The van der Waals surface area contributed by atoms with Crippen molar-refractivity contribution < 1.29 is 22.7 Å². The molecule has 0 heterocycles. The number of alkyl carbamates (subject to hydrolysis) is 1. The van der Waals surface area contributed by atoms with E-state index in [2.05, 4.69) is 15.4 Å². The predicted octanol–water partition coefficient (Wildman–Crippen LogP) is 2.53. The SMILES string of the molecule is COC[C@@H](CCCNC(=O)OC(C)(C)C)NCCNS(=O)(=O)c1cccc(Cl)c1. The van der Waals surface area contributed by atoms with Gasteiger partial charge < -0.3 is 20.1 Å². The third-order valence-electron chi connectivity index (χ3n) is 3.72. The molecule has 1 rings (SSSR count). The summed E-state index contributed by atoms with van der Waals surface area (Å²) in [5.74, 6) is 0. The molecular weight excluding hydrogens is 418 g/mol. The molecule has 0 unspecified atom stereocenters. The fourth-order valence-corrected chi connectivity index (χ4v) is 3.81. The van der Waals surface area contributed by atoms with Crippen molar-refractivity contribution in [3.05, 3.63) is 29.3 Å². The summed E-state index contributed by atoms with van der Waals surface area (Å²) in [4.78, 5) is 11.8. The highest BCUT2D eigenvalue weighted by atomic mass is 35.5. The van der Waals surface area contributed by atoms with Crippen LogP contribution < -0.4 is 15.4 Å². The first kappa shape index (κ1) is 25.6. The Balaban J connectivity index is 2.32. The number of carbonyl (C=O) groups is 1. The van der Waals surface area contributed by atoms with Gasteiger partial charge in [0, 0.05) is 37.8 Å². The molecular formula is C19H32ClN3O5S. The molecule has 10 heteroatoms. The van der Waals surface area contributed by atoms with E-state index < -0.39 is 21.7 Å². The largest absolute Gasteiger partial charge is 0.444 e. The van der Waals surface area contributed by atoms with Crippen LogP contribution in [-0.4, -0.2) is 59.5 Å². The maximum atomic E-state index is 12.3. The minimum absolute atomic E-state index is 0.0381. The number of rotatable bonds is 12. The number of halogens is 1. The zero-order valence-electron chi connectivity index (χ0n) is 17.5. The maximum absolute atomic E-state index is 12.3. The zero-order valence-corrected chi connectivity index (χ0v) is 19.0. The van der Waals surface area contributed by atoms with Gasteiger partial charge in [0.05, 0.1) is 11.5 Å². The van der Waals surface area contributed by atoms with Crippen molar-refractivity contribution in [1.29, 1.82) is 0 Å². The van der Waals surface area contributed by atoms with Crippen molar-refractivity contribution in [3.63, 3.8) is 0 Å². The van der Waals surface area contributed by atoms with Gasteiger partial charge in [0.25, 0.3) is 0 Å². The Morgan fingerprint density at radius 3 is 2.55 bits per heavy atom. The molecule has 1 aromatic rings. The number of methoxy groups -OCH3 is 1. The van der Waals surface area contributed by atoms with Crippen LogP contribution in [0.3, 0.4) is 0 Å². The number of amides is 1. The van der Waals surface area contributed by atoms with Crippen molar-refractivity contribution >= 4 is 27.7 Å². The highest BCUT2D eigenvalue weighted by Gasteiger charge is 2.16. The highest BCUT2D eigenvalue weighted by molar-refractivity contribution is 7.89. The van der Waals surface area contributed by atoms with E-state index >= 15 is 0 Å². The highest BCUT2D eigenvalue weighted by Crippen LogP contribution is 2.14. The summed E-state index contributed by atoms with van der Waals surface area (Å²) >= 11 is 5.85. The lowest BCUT2D eigenvalue weighted by Gasteiger charge is -2.20. The molecule has 0 aliphatic rings. The molecule has 1 amide bonds. The molecule has 0 aliphatic carbocycles. The molecule has 0 aliphatic heterocycles. The molecule has 3 N–H and O–H groups in total. The molecule has 0 fully saturated rings. The van der Waals surface area contributed by atoms with Crippen molar-refractivity contribution in [2.24, 2.45) is 0 Å². The normalized spacial score (nSPS) is 13.1. The molecule has 0 radical (unpaired) electrons. The molecule has 29 heavy (non-hydrogen) atoms. The van der Waals surface area contributed by atoms with Crippen molar-refractivity contribution in [3.8, 4) is 0 Å². The minimum Gasteiger partial charge on any atom is -0.444 e. The standard InChI is InChI=1S/C19H32ClN3O5S/c1-19(2,3)28-18(24)22-10-6-8-16(14-27-4)21-11-12-23-29(25,26)17-9-5-7-15(20)13-17/h5,7,9,13,16,21,23H,6,8,10-12,14H2,1-4H3,(H,22,24)/t16-/m1/s1. The van der Waals surface area contributed by atoms with Gasteiger partial charge in [-0.1, -0.05) is 17.7 Å². The van der Waals surface area contributed by atoms with Gasteiger partial charge in [0.1, 0.15) is 5.60 Å². The number of sulfonamides is 1. The van der Waals surface area contributed by atoms with E-state index in [1.165, 1.54) is 12.1 Å². The van der Waals surface area contributed by atoms with Gasteiger partial charge in [-0.2, -0.15) is 0 Å². The lowest BCUT2D eigenvalue weighted by molar-refractivity contribution is 0.0526. The molecule has 1 aromatic carbocycles. The smallest absolute Gasteiger partial charge is 0.407 e. The van der Waals surface area contributed by atoms with E-state index in [4.69, 9.17) is 21.1 Å². The predicted molar refractivity (Wildman–Crippen MR) is 114 cm³/mol. The zero-order chi connectivity index (χ0) is 21.9. The van der Waals surface area contributed by atoms with E-state index in [9.17, 15) is 13.2 Å². The molecule has 1 atom stereocenters. The van der Waals surface area contributed by atoms with Gasteiger partial charge in [-0.3, -0.25) is 0 Å². The van der Waals surface area contributed by atoms with Gasteiger partial charge in [-0.05, 0) is 51.8 Å². The number of hydrogen-bond donors (Lipinski definition) is 3. The Morgan fingerprint density at radius 1 is 1.21 bits per heavy atom. The summed E-state index contributed by atoms with van der Waals surface area (Å²) in [7, 11) is -2.00. The van der Waals surface area contributed by atoms with E-state index in [-0.39, 0.29) is 17.5 Å². The molecule has 0 saturated heterocycles. The van der Waals surface area contributed by atoms with E-state index in [1.807, 2.05) is 20.8 Å². The Hall–Kier alpha value is -1.39. The van der Waals surface area contributed by atoms with Crippen molar-refractivity contribution in [2.75, 3.05) is 33.4 Å². The molecule has 0 aromatic heterocycles. The summed E-state index contributed by atoms with van der Waals surface area (Å²) in [6, 6.07) is 6.15. The summed E-state index contributed by atoms with van der Waals surface area (Å²) in [5, 5.41) is 6.34. The summed E-state index contributed by atoms with van der Waals surface area (Å²) in [6.45, 7) is 7.06. The van der Waals surface area contributed by atoms with E-state index in [0.717, 1.165) is 12.8 Å². The topological polar surface area (TPSA) is 106 Å². The second-order valence-electron chi connectivity index (χ2n) is 7.53. The third kappa shape index (κ3) is 11.4. The van der Waals surface area contributed by atoms with Gasteiger partial charge in [0.15, 0.2) is 0 Å². The molecule has 8 nitrogen and oxygen atoms in total. The minimum atomic E-state index is -3.61. The molecule has 0 bridgehead atoms. The maximum Gasteiger partial charge on any atom is 0.407 e. The first-order chi connectivity index (χ1) is 13.5. The van der Waals surface area contributed by atoms with Gasteiger partial charge in [0.2, 0.25) is 10.0 Å². The van der Waals surface area contributed by atoms with Gasteiger partial charge in [-0.25, -0.2) is 17.9 Å². The second kappa shape index (κ2) is 12.3. The van der Waals surface area contributed by atoms with E-state index in [0.29, 0.717) is 24.7 Å². The monoisotopic (exact) mass is 449 g/mol. The quantitative estimate of drug-likeness (QED) is 0.423. The second-order valence-corrected chi connectivity index (χ2v) is 9.74. The average molecular weight is 450 g/mol. The molecule has 166 valence electrons. The van der Waals surface area contributed by atoms with Crippen LogP contribution in [0.4, 0.5) is 4.79 Å². The van der Waals surface area contributed by atoms with Crippen LogP contribution in [0.2, 0.25) is 5.02 Å². The van der Waals surface area contributed by atoms with Crippen LogP contribution in [0.25, 0.3) is 0 Å². The van der Waals surface area contributed by atoms with E-state index in [1.54, 1.807) is 19.2 Å². The van der Waals surface area contributed by atoms with Crippen LogP contribution in [0, 0.1) is 0 Å². The lowest BCUT2D eigenvalue weighted by atomic mass is 10.1. The van der Waals surface area contributed by atoms with Crippen LogP contribution >= 0.6 is 11.6 Å². The third-order valence-corrected chi connectivity index (χ3v) is 5.42. The number of hydrogen-bond acceptors (Lipinski definition) is 6. The summed E-state index contributed by atoms with van der Waals surface area (Å²) in [6.07, 6.45) is 1.04. The lowest BCUT2D eigenvalue weighted by Crippen LogP contribution is -2.40. The molecule has 0 spiro atoms. The Bertz CT molecular complexity index is 738. The summed E-state index contributed by atoms with van der Waals surface area (Å²) in [5.41, 5.74) is -0.525. The Labute approximate surface area is 178 Å². The van der Waals surface area contributed by atoms with Gasteiger partial charge in [-0.15, -0.1) is 0 Å². The summed E-state index contributed by atoms with van der Waals surface area (Å²) < 4.78 is 37.4. The number of nitrogens with one attached hydrogen (secondary N) is 3. The fraction of sp³-hybridized carbons (Fsp3) is 0.632. The van der Waals surface area contributed by atoms with Crippen LogP contribution in [0.15, 0.2) is 29.2 Å². The number of benzene rings is 1. The van der Waals surface area contributed by atoms with Crippen LogP contribution in [0.1, 0.15) is 33.6 Å². The van der Waals surface area contributed by atoms with Crippen LogP contribution in [0.5, 0.6) is 0 Å². The molecule has 0 saturated carbocycles. The average Bonchev–Trinajstić information content (AvgIpc) is 2.60. The van der Waals surface area contributed by atoms with Crippen LogP contribution in [-0.2, 0) is 19.5 Å². The van der Waals surface area contributed by atoms with Crippen molar-refractivity contribution in [2.45, 2.75) is 50.2 Å². The number of ether oxygens (including phenoxy) is 2. The van der Waals surface area contributed by atoms with Crippen molar-refractivity contribution in [1.82, 2.24) is 15.4 Å². The Kier molecular flexibility index (Phi) is 10.9. The van der Waals surface area contributed by atoms with Gasteiger partial charge >= 0.3 is 6.09 Å².